The van der Waals surface area contributed by atoms with Crippen molar-refractivity contribution >= 4 is 11.6 Å². The van der Waals surface area contributed by atoms with Crippen LogP contribution >= 0.6 is 11.6 Å². The van der Waals surface area contributed by atoms with Crippen molar-refractivity contribution in [1.82, 2.24) is 5.32 Å². The Morgan fingerprint density at radius 2 is 1.52 bits per heavy atom. The Labute approximate surface area is 133 Å². The van der Waals surface area contributed by atoms with Crippen LogP contribution in [0.15, 0.2) is 36.4 Å². The van der Waals surface area contributed by atoms with Crippen molar-refractivity contribution in [3.8, 4) is 0 Å². The highest BCUT2D eigenvalue weighted by Crippen LogP contribution is 2.26. The lowest BCUT2D eigenvalue weighted by Crippen LogP contribution is -2.23. The number of rotatable bonds is 4. The third kappa shape index (κ3) is 3.87. The van der Waals surface area contributed by atoms with Crippen LogP contribution in [0, 0.1) is 20.8 Å². The first-order valence-electron chi connectivity index (χ1n) is 7.47. The highest BCUT2D eigenvalue weighted by Gasteiger charge is 2.15. The molecule has 2 aromatic carbocycles. The van der Waals surface area contributed by atoms with E-state index in [1.807, 2.05) is 18.2 Å². The van der Waals surface area contributed by atoms with Crippen LogP contribution in [0.2, 0.25) is 5.02 Å². The third-order valence-electron chi connectivity index (χ3n) is 4.02. The number of hydrogen-bond acceptors (Lipinski definition) is 1. The molecule has 2 rings (SSSR count). The number of halogens is 1. The molecule has 0 amide bonds. The molecule has 2 heteroatoms. The summed E-state index contributed by atoms with van der Waals surface area (Å²) in [5, 5.41) is 4.47. The van der Waals surface area contributed by atoms with Crippen molar-refractivity contribution in [2.45, 2.75) is 46.7 Å². The molecule has 0 aromatic heterocycles. The van der Waals surface area contributed by atoms with Gasteiger partial charge in [0, 0.05) is 17.1 Å². The lowest BCUT2D eigenvalue weighted by atomic mass is 9.94. The van der Waals surface area contributed by atoms with Crippen LogP contribution in [-0.2, 0) is 0 Å². The highest BCUT2D eigenvalue weighted by molar-refractivity contribution is 6.30. The van der Waals surface area contributed by atoms with Crippen molar-refractivity contribution in [2.75, 3.05) is 0 Å². The van der Waals surface area contributed by atoms with Crippen LogP contribution in [0.25, 0.3) is 0 Å². The van der Waals surface area contributed by atoms with Crippen molar-refractivity contribution in [1.29, 1.82) is 0 Å². The van der Waals surface area contributed by atoms with Gasteiger partial charge in [-0.05, 0) is 69.0 Å². The topological polar surface area (TPSA) is 12.0 Å². The zero-order chi connectivity index (χ0) is 15.6. The van der Waals surface area contributed by atoms with Crippen LogP contribution in [-0.4, -0.2) is 0 Å². The first-order chi connectivity index (χ1) is 9.88. The Balaban J connectivity index is 2.20. The lowest BCUT2D eigenvalue weighted by molar-refractivity contribution is 0.491. The third-order valence-corrected chi connectivity index (χ3v) is 4.25. The fourth-order valence-electron chi connectivity index (χ4n) is 3.20. The van der Waals surface area contributed by atoms with Crippen molar-refractivity contribution in [3.63, 3.8) is 0 Å². The fourth-order valence-corrected chi connectivity index (χ4v) is 3.40. The molecule has 21 heavy (non-hydrogen) atoms. The molecule has 112 valence electrons. The molecular formula is C19H24ClN. The molecule has 0 aliphatic heterocycles. The molecule has 0 radical (unpaired) electrons. The molecule has 0 bridgehead atoms. The number of hydrogen-bond donors (Lipinski definition) is 1. The summed E-state index contributed by atoms with van der Waals surface area (Å²) in [5.41, 5.74) is 6.65. The summed E-state index contributed by atoms with van der Waals surface area (Å²) in [4.78, 5) is 0. The molecule has 1 nitrogen and oxygen atoms in total. The molecule has 2 atom stereocenters. The van der Waals surface area contributed by atoms with Gasteiger partial charge in [0.05, 0.1) is 0 Å². The van der Waals surface area contributed by atoms with Crippen molar-refractivity contribution in [2.24, 2.45) is 0 Å². The predicted molar refractivity (Wildman–Crippen MR) is 92.1 cm³/mol. The molecule has 0 saturated carbocycles. The molecular weight excluding hydrogens is 278 g/mol. The standard InChI is InChI=1S/C19H24ClN/c1-12-9-13(2)19(14(3)10-12)16(5)21-15(4)17-7-6-8-18(20)11-17/h6-11,15-16,21H,1-5H3/t15-,16?/m0/s1. The number of nitrogens with one attached hydrogen (secondary N) is 1. The van der Waals surface area contributed by atoms with E-state index in [1.165, 1.54) is 27.8 Å². The Hall–Kier alpha value is -1.31. The maximum atomic E-state index is 6.08. The van der Waals surface area contributed by atoms with E-state index < -0.39 is 0 Å². The minimum absolute atomic E-state index is 0.263. The minimum atomic E-state index is 0.263. The molecule has 1 N–H and O–H groups in total. The second-order valence-electron chi connectivity index (χ2n) is 5.98. The Kier molecular flexibility index (Phi) is 5.08. The van der Waals surface area contributed by atoms with Crippen LogP contribution in [0.1, 0.15) is 53.7 Å². The van der Waals surface area contributed by atoms with E-state index in [-0.39, 0.29) is 6.04 Å². The molecule has 0 aliphatic rings. The zero-order valence-corrected chi connectivity index (χ0v) is 14.3. The van der Waals surface area contributed by atoms with E-state index in [0.717, 1.165) is 5.02 Å². The molecule has 0 fully saturated rings. The summed E-state index contributed by atoms with van der Waals surface area (Å²) in [6.07, 6.45) is 0. The van der Waals surface area contributed by atoms with Crippen LogP contribution < -0.4 is 5.32 Å². The number of benzene rings is 2. The van der Waals surface area contributed by atoms with Gasteiger partial charge < -0.3 is 5.32 Å². The molecule has 0 saturated heterocycles. The fraction of sp³-hybridized carbons (Fsp3) is 0.368. The van der Waals surface area contributed by atoms with Gasteiger partial charge in [0.15, 0.2) is 0 Å². The second kappa shape index (κ2) is 6.64. The summed E-state index contributed by atoms with van der Waals surface area (Å²) in [5.74, 6) is 0. The Morgan fingerprint density at radius 1 is 0.905 bits per heavy atom. The zero-order valence-electron chi connectivity index (χ0n) is 13.5. The molecule has 0 heterocycles. The largest absolute Gasteiger partial charge is 0.304 e. The van der Waals surface area contributed by atoms with E-state index in [1.54, 1.807) is 0 Å². The van der Waals surface area contributed by atoms with Gasteiger partial charge in [-0.25, -0.2) is 0 Å². The van der Waals surface area contributed by atoms with E-state index in [4.69, 9.17) is 11.6 Å². The van der Waals surface area contributed by atoms with E-state index in [2.05, 4.69) is 58.1 Å². The van der Waals surface area contributed by atoms with Gasteiger partial charge in [0.25, 0.3) is 0 Å². The quantitative estimate of drug-likeness (QED) is 0.766. The van der Waals surface area contributed by atoms with Crippen LogP contribution in [0.5, 0.6) is 0 Å². The first-order valence-corrected chi connectivity index (χ1v) is 7.85. The predicted octanol–water partition coefficient (Wildman–Crippen LogP) is 5.68. The summed E-state index contributed by atoms with van der Waals surface area (Å²) >= 11 is 6.08. The maximum absolute atomic E-state index is 6.08. The van der Waals surface area contributed by atoms with Gasteiger partial charge in [-0.15, -0.1) is 0 Å². The van der Waals surface area contributed by atoms with Crippen molar-refractivity contribution in [3.05, 3.63) is 69.2 Å². The van der Waals surface area contributed by atoms with Crippen LogP contribution in [0.4, 0.5) is 0 Å². The summed E-state index contributed by atoms with van der Waals surface area (Å²) < 4.78 is 0. The number of aryl methyl sites for hydroxylation is 3. The van der Waals surface area contributed by atoms with E-state index in [9.17, 15) is 0 Å². The Morgan fingerprint density at radius 3 is 2.10 bits per heavy atom. The van der Waals surface area contributed by atoms with Gasteiger partial charge in [0.1, 0.15) is 0 Å². The van der Waals surface area contributed by atoms with Gasteiger partial charge in [-0.2, -0.15) is 0 Å². The van der Waals surface area contributed by atoms with Gasteiger partial charge in [-0.3, -0.25) is 0 Å². The SMILES string of the molecule is Cc1cc(C)c(C(C)N[C@@H](C)c2cccc(Cl)c2)c(C)c1. The van der Waals surface area contributed by atoms with E-state index >= 15 is 0 Å². The average molecular weight is 302 g/mol. The monoisotopic (exact) mass is 301 g/mol. The van der Waals surface area contributed by atoms with Gasteiger partial charge in [0.2, 0.25) is 0 Å². The summed E-state index contributed by atoms with van der Waals surface area (Å²) in [7, 11) is 0. The molecule has 0 spiro atoms. The molecule has 0 aliphatic carbocycles. The normalized spacial score (nSPS) is 14.0. The highest BCUT2D eigenvalue weighted by atomic mass is 35.5. The Bertz CT molecular complexity index is 610. The summed E-state index contributed by atoms with van der Waals surface area (Å²) in [6, 6.07) is 13.1. The smallest absolute Gasteiger partial charge is 0.0409 e. The molecule has 1 unspecified atom stereocenters. The van der Waals surface area contributed by atoms with Gasteiger partial charge in [-0.1, -0.05) is 41.4 Å². The van der Waals surface area contributed by atoms with E-state index in [0.29, 0.717) is 6.04 Å². The maximum Gasteiger partial charge on any atom is 0.0409 e. The summed E-state index contributed by atoms with van der Waals surface area (Å²) in [6.45, 7) is 10.9. The average Bonchev–Trinajstić information content (AvgIpc) is 2.37. The van der Waals surface area contributed by atoms with Gasteiger partial charge >= 0.3 is 0 Å². The lowest BCUT2D eigenvalue weighted by Gasteiger charge is -2.24. The van der Waals surface area contributed by atoms with Crippen LogP contribution in [0.3, 0.4) is 0 Å². The van der Waals surface area contributed by atoms with Crippen molar-refractivity contribution < 1.29 is 0 Å². The second-order valence-corrected chi connectivity index (χ2v) is 6.41. The minimum Gasteiger partial charge on any atom is -0.304 e. The molecule has 2 aromatic rings. The first kappa shape index (κ1) is 16.1.